The highest BCUT2D eigenvalue weighted by Gasteiger charge is 2.32. The molecule has 0 bridgehead atoms. The second-order valence-corrected chi connectivity index (χ2v) is 10.8. The van der Waals surface area contributed by atoms with Crippen molar-refractivity contribution in [2.45, 2.75) is 52.3 Å². The summed E-state index contributed by atoms with van der Waals surface area (Å²) >= 11 is 0. The van der Waals surface area contributed by atoms with Crippen LogP contribution < -0.4 is 30.2 Å². The number of nitrogens with zero attached hydrogens (tertiary/aromatic N) is 2. The van der Waals surface area contributed by atoms with E-state index >= 15 is 0 Å². The number of benzene rings is 2. The zero-order chi connectivity index (χ0) is 29.7. The molecule has 2 heterocycles. The minimum atomic E-state index is -0.483. The number of aliphatic hydroxyl groups is 1. The Hall–Kier alpha value is -4.19. The van der Waals surface area contributed by atoms with Crippen LogP contribution in [0.2, 0.25) is 0 Å². The topological polar surface area (TPSA) is 142 Å². The molecule has 2 aliphatic rings. The monoisotopic (exact) mass is 569 g/mol. The molecule has 2 aromatic carbocycles. The Morgan fingerprint density at radius 2 is 1.73 bits per heavy atom. The van der Waals surface area contributed by atoms with Gasteiger partial charge in [0.05, 0.1) is 25.6 Å². The van der Waals surface area contributed by atoms with Crippen molar-refractivity contribution < 1.29 is 33.7 Å². The summed E-state index contributed by atoms with van der Waals surface area (Å²) in [5.74, 6) is 1.33. The molecule has 222 valence electrons. The van der Waals surface area contributed by atoms with Crippen LogP contribution in [0.4, 0.5) is 21.0 Å². The molecule has 12 heteroatoms. The Labute approximate surface area is 239 Å². The summed E-state index contributed by atoms with van der Waals surface area (Å²) in [4.78, 5) is 41.9. The van der Waals surface area contributed by atoms with E-state index in [2.05, 4.69) is 16.0 Å². The first kappa shape index (κ1) is 29.8. The lowest BCUT2D eigenvalue weighted by Gasteiger charge is -2.34. The van der Waals surface area contributed by atoms with Crippen molar-refractivity contribution in [2.24, 2.45) is 5.92 Å². The lowest BCUT2D eigenvalue weighted by molar-refractivity contribution is -0.134. The molecular formula is C29H39N5O7. The first-order chi connectivity index (χ1) is 19.5. The van der Waals surface area contributed by atoms with E-state index in [1.165, 1.54) is 4.90 Å². The highest BCUT2D eigenvalue weighted by molar-refractivity contribution is 5.90. The molecule has 0 unspecified atom stereocenters. The summed E-state index contributed by atoms with van der Waals surface area (Å²) in [6.07, 6.45) is -0.454. The quantitative estimate of drug-likeness (QED) is 0.401. The fraction of sp³-hybridized carbons (Fsp3) is 0.483. The van der Waals surface area contributed by atoms with Gasteiger partial charge in [-0.05, 0) is 51.1 Å². The van der Waals surface area contributed by atoms with Crippen LogP contribution >= 0.6 is 0 Å². The van der Waals surface area contributed by atoms with Gasteiger partial charge in [-0.25, -0.2) is 9.59 Å². The Bertz CT molecular complexity index is 1270. The SMILES string of the molecule is CC(C)NC(=O)Nc1ccc2c(c1)CC(=O)N([C@H](C)CO)C[C@H](C)[C@@H](CN(C)C(=O)Nc1ccc3c(c1)OCO3)O2. The van der Waals surface area contributed by atoms with Gasteiger partial charge in [-0.2, -0.15) is 0 Å². The number of urea groups is 2. The molecule has 12 nitrogen and oxygen atoms in total. The van der Waals surface area contributed by atoms with Crippen LogP contribution in [0.1, 0.15) is 33.3 Å². The van der Waals surface area contributed by atoms with Crippen molar-refractivity contribution in [3.05, 3.63) is 42.0 Å². The smallest absolute Gasteiger partial charge is 0.321 e. The molecule has 0 aliphatic carbocycles. The minimum absolute atomic E-state index is 0.0286. The normalized spacial score (nSPS) is 18.8. The average Bonchev–Trinajstić information content (AvgIpc) is 3.40. The minimum Gasteiger partial charge on any atom is -0.488 e. The standard InChI is InChI=1S/C29H39N5O7/c1-17(2)30-28(37)31-21-6-8-23-20(10-21)11-27(36)34(19(4)15-35)13-18(3)26(41-23)14-33(5)29(38)32-22-7-9-24-25(12-22)40-16-39-24/h6-10,12,17-19,26,35H,11,13-16H2,1-5H3,(H,32,38)(H2,30,31,37)/t18-,19+,26+/m0/s1. The second kappa shape index (κ2) is 13.0. The summed E-state index contributed by atoms with van der Waals surface area (Å²) < 4.78 is 17.2. The lowest BCUT2D eigenvalue weighted by atomic mass is 10.0. The van der Waals surface area contributed by atoms with E-state index in [0.717, 1.165) is 0 Å². The van der Waals surface area contributed by atoms with Gasteiger partial charge in [-0.15, -0.1) is 0 Å². The molecule has 2 aromatic rings. The van der Waals surface area contributed by atoms with Gasteiger partial charge in [0, 0.05) is 48.6 Å². The fourth-order valence-corrected chi connectivity index (χ4v) is 4.70. The van der Waals surface area contributed by atoms with Crippen LogP contribution in [0.3, 0.4) is 0 Å². The number of anilines is 2. The van der Waals surface area contributed by atoms with Gasteiger partial charge in [0.25, 0.3) is 0 Å². The van der Waals surface area contributed by atoms with Gasteiger partial charge in [0.1, 0.15) is 11.9 Å². The van der Waals surface area contributed by atoms with E-state index in [9.17, 15) is 19.5 Å². The van der Waals surface area contributed by atoms with Gasteiger partial charge in [-0.1, -0.05) is 6.92 Å². The molecule has 0 radical (unpaired) electrons. The number of ether oxygens (including phenoxy) is 3. The maximum atomic E-state index is 13.4. The zero-order valence-corrected chi connectivity index (χ0v) is 24.1. The number of carbonyl (C=O) groups is 3. The molecule has 2 aliphatic heterocycles. The zero-order valence-electron chi connectivity index (χ0n) is 24.1. The van der Waals surface area contributed by atoms with Crippen LogP contribution in [0, 0.1) is 5.92 Å². The number of likely N-dealkylation sites (N-methyl/N-ethyl adjacent to an activating group) is 1. The van der Waals surface area contributed by atoms with Gasteiger partial charge in [-0.3, -0.25) is 4.79 Å². The van der Waals surface area contributed by atoms with Crippen molar-refractivity contribution in [1.82, 2.24) is 15.1 Å². The van der Waals surface area contributed by atoms with Gasteiger partial charge in [0.15, 0.2) is 11.5 Å². The molecule has 0 fully saturated rings. The predicted octanol–water partition coefficient (Wildman–Crippen LogP) is 3.26. The summed E-state index contributed by atoms with van der Waals surface area (Å²) in [5.41, 5.74) is 1.68. The van der Waals surface area contributed by atoms with Gasteiger partial charge in [0.2, 0.25) is 12.7 Å². The lowest BCUT2D eigenvalue weighted by Crippen LogP contribution is -2.48. The Morgan fingerprint density at radius 1 is 1.05 bits per heavy atom. The highest BCUT2D eigenvalue weighted by Crippen LogP contribution is 2.34. The Morgan fingerprint density at radius 3 is 2.44 bits per heavy atom. The van der Waals surface area contributed by atoms with E-state index in [1.807, 2.05) is 20.8 Å². The van der Waals surface area contributed by atoms with E-state index < -0.39 is 12.1 Å². The molecule has 0 saturated carbocycles. The van der Waals surface area contributed by atoms with Crippen molar-refractivity contribution >= 4 is 29.3 Å². The van der Waals surface area contributed by atoms with Crippen molar-refractivity contribution in [1.29, 1.82) is 0 Å². The number of carbonyl (C=O) groups excluding carboxylic acids is 3. The molecular weight excluding hydrogens is 530 g/mol. The van der Waals surface area contributed by atoms with Crippen molar-refractivity contribution in [3.63, 3.8) is 0 Å². The molecule has 0 spiro atoms. The summed E-state index contributed by atoms with van der Waals surface area (Å²) in [7, 11) is 1.67. The molecule has 0 aromatic heterocycles. The number of rotatable bonds is 7. The number of hydrogen-bond donors (Lipinski definition) is 4. The first-order valence-corrected chi connectivity index (χ1v) is 13.7. The van der Waals surface area contributed by atoms with E-state index in [-0.39, 0.29) is 56.3 Å². The van der Waals surface area contributed by atoms with Crippen LogP contribution in [0.15, 0.2) is 36.4 Å². The van der Waals surface area contributed by atoms with Crippen molar-refractivity contribution in [2.75, 3.05) is 44.2 Å². The van der Waals surface area contributed by atoms with Gasteiger partial charge < -0.3 is 45.1 Å². The Balaban J connectivity index is 1.55. The van der Waals surface area contributed by atoms with Crippen LogP contribution in [0.5, 0.6) is 17.2 Å². The molecule has 4 N–H and O–H groups in total. The van der Waals surface area contributed by atoms with E-state index in [4.69, 9.17) is 14.2 Å². The van der Waals surface area contributed by atoms with E-state index in [1.54, 1.807) is 55.3 Å². The number of hydrogen-bond acceptors (Lipinski definition) is 7. The van der Waals surface area contributed by atoms with Crippen LogP contribution in [0.25, 0.3) is 0 Å². The third-order valence-corrected chi connectivity index (χ3v) is 7.02. The van der Waals surface area contributed by atoms with E-state index in [0.29, 0.717) is 40.7 Å². The maximum absolute atomic E-state index is 13.4. The molecule has 4 rings (SSSR count). The third kappa shape index (κ3) is 7.51. The first-order valence-electron chi connectivity index (χ1n) is 13.7. The fourth-order valence-electron chi connectivity index (χ4n) is 4.70. The van der Waals surface area contributed by atoms with Crippen molar-refractivity contribution in [3.8, 4) is 17.2 Å². The highest BCUT2D eigenvalue weighted by atomic mass is 16.7. The average molecular weight is 570 g/mol. The summed E-state index contributed by atoms with van der Waals surface area (Å²) in [6.45, 7) is 7.98. The van der Waals surface area contributed by atoms with Gasteiger partial charge >= 0.3 is 12.1 Å². The largest absolute Gasteiger partial charge is 0.488 e. The number of aliphatic hydroxyl groups excluding tert-OH is 1. The summed E-state index contributed by atoms with van der Waals surface area (Å²) in [5, 5.41) is 18.3. The molecule has 3 atom stereocenters. The molecule has 41 heavy (non-hydrogen) atoms. The number of nitrogens with one attached hydrogen (secondary N) is 3. The Kier molecular flexibility index (Phi) is 9.43. The van der Waals surface area contributed by atoms with Crippen LogP contribution in [-0.4, -0.2) is 84.6 Å². The summed E-state index contributed by atoms with van der Waals surface area (Å²) in [6, 6.07) is 9.20. The predicted molar refractivity (Wildman–Crippen MR) is 153 cm³/mol. The second-order valence-electron chi connectivity index (χ2n) is 10.8. The third-order valence-electron chi connectivity index (χ3n) is 7.02. The number of fused-ring (bicyclic) bond motifs is 2. The number of amides is 5. The van der Waals surface area contributed by atoms with Crippen LogP contribution in [-0.2, 0) is 11.2 Å². The molecule has 5 amide bonds. The molecule has 0 saturated heterocycles. The maximum Gasteiger partial charge on any atom is 0.321 e.